The largest absolute Gasteiger partial charge is 0.354 e. The number of rotatable bonds is 4. The van der Waals surface area contributed by atoms with Gasteiger partial charge in [0.1, 0.15) is 0 Å². The molecule has 1 aromatic heterocycles. The normalized spacial score (nSPS) is 17.9. The highest BCUT2D eigenvalue weighted by molar-refractivity contribution is 5.91. The van der Waals surface area contributed by atoms with E-state index in [1.165, 1.54) is 0 Å². The molecule has 0 bridgehead atoms. The molecule has 3 nitrogen and oxygen atoms in total. The second kappa shape index (κ2) is 7.56. The zero-order valence-electron chi connectivity index (χ0n) is 15.8. The fourth-order valence-electron chi connectivity index (χ4n) is 3.68. The minimum absolute atomic E-state index is 0.956. The first-order chi connectivity index (χ1) is 14.4. The van der Waals surface area contributed by atoms with Gasteiger partial charge >= 0.3 is 0 Å². The van der Waals surface area contributed by atoms with Gasteiger partial charge in [0.05, 0.1) is 11.4 Å². The van der Waals surface area contributed by atoms with Gasteiger partial charge < -0.3 is 4.98 Å². The number of aliphatic imine (C=N–C) groups is 2. The smallest absolute Gasteiger partial charge is 0.0729 e. The lowest BCUT2D eigenvalue weighted by Crippen LogP contribution is -1.95. The molecule has 3 heterocycles. The van der Waals surface area contributed by atoms with E-state index in [9.17, 15) is 0 Å². The number of allylic oxidation sites excluding steroid dienone is 4. The molecule has 2 aliphatic heterocycles. The molecule has 0 fully saturated rings. The summed E-state index contributed by atoms with van der Waals surface area (Å²) >= 11 is 0. The first kappa shape index (κ1) is 17.1. The number of hydrogen-bond donors (Lipinski definition) is 1. The summed E-state index contributed by atoms with van der Waals surface area (Å²) in [6.45, 7) is 0. The summed E-state index contributed by atoms with van der Waals surface area (Å²) in [6, 6.07) is 25.0. The summed E-state index contributed by atoms with van der Waals surface area (Å²) in [5.41, 5.74) is 8.42. The van der Waals surface area contributed by atoms with Crippen molar-refractivity contribution in [2.75, 3.05) is 0 Å². The number of aromatic nitrogens is 1. The molecule has 0 spiro atoms. The number of nitrogens with zero attached hydrogens (tertiary/aromatic N) is 2. The molecule has 2 aliphatic rings. The molecule has 138 valence electrons. The van der Waals surface area contributed by atoms with E-state index in [-0.39, 0.29) is 0 Å². The van der Waals surface area contributed by atoms with Crippen LogP contribution in [-0.4, -0.2) is 17.4 Å². The van der Waals surface area contributed by atoms with E-state index in [1.54, 1.807) is 0 Å². The van der Waals surface area contributed by atoms with Crippen molar-refractivity contribution in [3.8, 4) is 0 Å². The lowest BCUT2D eigenvalue weighted by molar-refractivity contribution is 1.27. The number of benzene rings is 2. The predicted octanol–water partition coefficient (Wildman–Crippen LogP) is 5.81. The van der Waals surface area contributed by atoms with Gasteiger partial charge in [0, 0.05) is 35.0 Å². The Morgan fingerprint density at radius 1 is 0.552 bits per heavy atom. The third-order valence-electron chi connectivity index (χ3n) is 4.97. The zero-order chi connectivity index (χ0) is 19.5. The SMILES string of the molecule is C1=C/C(=C(\c2ccccc2)c2ccc(/C(=C3\C=CC=N3)c3ccccc3)[nH]2)N=C1. The Morgan fingerprint density at radius 3 is 1.38 bits per heavy atom. The first-order valence-electron chi connectivity index (χ1n) is 9.61. The van der Waals surface area contributed by atoms with Gasteiger partial charge in [-0.3, -0.25) is 9.98 Å². The van der Waals surface area contributed by atoms with E-state index >= 15 is 0 Å². The molecule has 5 rings (SSSR count). The van der Waals surface area contributed by atoms with Crippen LogP contribution in [0.5, 0.6) is 0 Å². The van der Waals surface area contributed by atoms with Crippen LogP contribution in [0.25, 0.3) is 11.1 Å². The van der Waals surface area contributed by atoms with Gasteiger partial charge in [0.2, 0.25) is 0 Å². The van der Waals surface area contributed by atoms with Crippen molar-refractivity contribution in [1.82, 2.24) is 4.98 Å². The maximum atomic E-state index is 4.56. The maximum Gasteiger partial charge on any atom is 0.0729 e. The van der Waals surface area contributed by atoms with Crippen molar-refractivity contribution in [2.24, 2.45) is 9.98 Å². The van der Waals surface area contributed by atoms with Gasteiger partial charge in [-0.05, 0) is 47.6 Å². The van der Waals surface area contributed by atoms with Crippen molar-refractivity contribution in [3.05, 3.63) is 131 Å². The number of H-pyrrole nitrogens is 1. The Bertz CT molecular complexity index is 1090. The predicted molar refractivity (Wildman–Crippen MR) is 121 cm³/mol. The van der Waals surface area contributed by atoms with Gasteiger partial charge in [-0.2, -0.15) is 0 Å². The van der Waals surface area contributed by atoms with Gasteiger partial charge in [0.25, 0.3) is 0 Å². The van der Waals surface area contributed by atoms with Crippen LogP contribution in [0.2, 0.25) is 0 Å². The van der Waals surface area contributed by atoms with Gasteiger partial charge in [-0.25, -0.2) is 0 Å². The van der Waals surface area contributed by atoms with Crippen LogP contribution in [0.1, 0.15) is 22.5 Å². The second-order valence-corrected chi connectivity index (χ2v) is 6.81. The summed E-state index contributed by atoms with van der Waals surface area (Å²) in [6.07, 6.45) is 11.7. The number of nitrogens with one attached hydrogen (secondary N) is 1. The summed E-state index contributed by atoms with van der Waals surface area (Å²) in [7, 11) is 0. The molecule has 0 unspecified atom stereocenters. The maximum absolute atomic E-state index is 4.56. The fraction of sp³-hybridized carbons (Fsp3) is 0. The average Bonchev–Trinajstić information content (AvgIpc) is 3.54. The molecule has 1 N–H and O–H groups in total. The highest BCUT2D eigenvalue weighted by atomic mass is 14.8. The summed E-state index contributed by atoms with van der Waals surface area (Å²) < 4.78 is 0. The topological polar surface area (TPSA) is 40.5 Å². The van der Waals surface area contributed by atoms with Gasteiger partial charge in [-0.15, -0.1) is 0 Å². The quantitative estimate of drug-likeness (QED) is 0.599. The Labute approximate surface area is 169 Å². The third-order valence-corrected chi connectivity index (χ3v) is 4.97. The lowest BCUT2D eigenvalue weighted by Gasteiger charge is -2.10. The molecular weight excluding hydrogens is 354 g/mol. The molecule has 0 aliphatic carbocycles. The van der Waals surface area contributed by atoms with E-state index in [0.29, 0.717) is 0 Å². The molecule has 0 saturated carbocycles. The van der Waals surface area contributed by atoms with Crippen molar-refractivity contribution in [2.45, 2.75) is 0 Å². The first-order valence-corrected chi connectivity index (χ1v) is 9.61. The Hall–Kier alpha value is -3.98. The second-order valence-electron chi connectivity index (χ2n) is 6.81. The fourth-order valence-corrected chi connectivity index (χ4v) is 3.68. The van der Waals surface area contributed by atoms with E-state index in [1.807, 2.05) is 48.9 Å². The van der Waals surface area contributed by atoms with Crippen LogP contribution in [-0.2, 0) is 0 Å². The van der Waals surface area contributed by atoms with Gasteiger partial charge in [0.15, 0.2) is 0 Å². The minimum atomic E-state index is 0.956. The third kappa shape index (κ3) is 3.34. The Balaban J connectivity index is 1.66. The number of hydrogen-bond acceptors (Lipinski definition) is 2. The van der Waals surface area contributed by atoms with E-state index < -0.39 is 0 Å². The lowest BCUT2D eigenvalue weighted by atomic mass is 10.0. The van der Waals surface area contributed by atoms with Gasteiger partial charge in [-0.1, -0.05) is 60.7 Å². The molecule has 0 amide bonds. The monoisotopic (exact) mass is 373 g/mol. The summed E-state index contributed by atoms with van der Waals surface area (Å²) in [5.74, 6) is 0. The highest BCUT2D eigenvalue weighted by Gasteiger charge is 2.17. The highest BCUT2D eigenvalue weighted by Crippen LogP contribution is 2.33. The molecular formula is C26H19N3. The van der Waals surface area contributed by atoms with Crippen LogP contribution in [0.15, 0.2) is 118 Å². The summed E-state index contributed by atoms with van der Waals surface area (Å²) in [5, 5.41) is 0. The van der Waals surface area contributed by atoms with Crippen molar-refractivity contribution >= 4 is 23.6 Å². The molecule has 29 heavy (non-hydrogen) atoms. The van der Waals surface area contributed by atoms with E-state index in [0.717, 1.165) is 45.1 Å². The van der Waals surface area contributed by atoms with E-state index in [2.05, 4.69) is 75.6 Å². The van der Waals surface area contributed by atoms with Crippen LogP contribution in [0, 0.1) is 0 Å². The van der Waals surface area contributed by atoms with Crippen LogP contribution >= 0.6 is 0 Å². The summed E-state index contributed by atoms with van der Waals surface area (Å²) in [4.78, 5) is 12.7. The standard InChI is InChI=1S/C26H19N3/c1-3-9-19(10-4-1)25(21-13-7-17-27-21)23-15-16-24(29-23)26(22-14-8-18-28-22)20-11-5-2-6-12-20/h1-18,29H/b25-21-,26-22+. The van der Waals surface area contributed by atoms with Crippen LogP contribution < -0.4 is 0 Å². The molecule has 0 saturated heterocycles. The Kier molecular flexibility index (Phi) is 4.47. The zero-order valence-corrected chi connectivity index (χ0v) is 15.8. The van der Waals surface area contributed by atoms with E-state index in [4.69, 9.17) is 0 Å². The minimum Gasteiger partial charge on any atom is -0.354 e. The van der Waals surface area contributed by atoms with Crippen LogP contribution in [0.4, 0.5) is 0 Å². The molecule has 3 aromatic rings. The average molecular weight is 373 g/mol. The Morgan fingerprint density at radius 2 is 1.00 bits per heavy atom. The molecule has 0 radical (unpaired) electrons. The number of aromatic amines is 1. The van der Waals surface area contributed by atoms with Crippen molar-refractivity contribution in [1.29, 1.82) is 0 Å². The molecule has 0 atom stereocenters. The van der Waals surface area contributed by atoms with Crippen molar-refractivity contribution in [3.63, 3.8) is 0 Å². The molecule has 2 aromatic carbocycles. The molecule has 3 heteroatoms. The van der Waals surface area contributed by atoms with Crippen LogP contribution in [0.3, 0.4) is 0 Å². The van der Waals surface area contributed by atoms with Crippen molar-refractivity contribution < 1.29 is 0 Å².